The number of benzene rings is 1. The summed E-state index contributed by atoms with van der Waals surface area (Å²) in [5, 5.41) is 1.06. The molecule has 0 fully saturated rings. The molecule has 0 saturated carbocycles. The van der Waals surface area contributed by atoms with Gasteiger partial charge in [0.15, 0.2) is 0 Å². The topological polar surface area (TPSA) is 87.5 Å². The van der Waals surface area contributed by atoms with Gasteiger partial charge in [0.1, 0.15) is 6.61 Å². The third kappa shape index (κ3) is 2.66. The summed E-state index contributed by atoms with van der Waals surface area (Å²) >= 11 is 0. The van der Waals surface area contributed by atoms with E-state index < -0.39 is 17.5 Å². The molecule has 7 nitrogen and oxygen atoms in total. The number of hydrogen-bond donors (Lipinski definition) is 0. The first-order valence-corrected chi connectivity index (χ1v) is 10.9. The maximum Gasteiger partial charge on any atom is 0.355 e. The maximum atomic E-state index is 13.5. The highest BCUT2D eigenvalue weighted by atomic mass is 16.6. The molecule has 0 aliphatic carbocycles. The van der Waals surface area contributed by atoms with Crippen LogP contribution in [0.3, 0.4) is 0 Å². The first-order valence-electron chi connectivity index (χ1n) is 10.9. The Labute approximate surface area is 185 Å². The van der Waals surface area contributed by atoms with Crippen LogP contribution in [0.15, 0.2) is 29.1 Å². The Morgan fingerprint density at radius 2 is 1.97 bits per heavy atom. The summed E-state index contributed by atoms with van der Waals surface area (Å²) in [6.07, 6.45) is 0.285. The molecule has 1 aromatic carbocycles. The molecule has 0 N–H and O–H groups in total. The van der Waals surface area contributed by atoms with Crippen LogP contribution in [-0.4, -0.2) is 21.5 Å². The van der Waals surface area contributed by atoms with Crippen LogP contribution in [0.25, 0.3) is 22.3 Å². The number of carbonyl (C=O) groups excluding carboxylic acids is 2. The molecule has 0 radical (unpaired) electrons. The van der Waals surface area contributed by atoms with Gasteiger partial charge >= 0.3 is 11.9 Å². The second kappa shape index (κ2) is 7.02. The van der Waals surface area contributed by atoms with Gasteiger partial charge in [-0.15, -0.1) is 0 Å². The summed E-state index contributed by atoms with van der Waals surface area (Å²) in [6.45, 7) is 7.76. The number of hydrogen-bond acceptors (Lipinski definition) is 6. The Morgan fingerprint density at radius 3 is 2.69 bits per heavy atom. The van der Waals surface area contributed by atoms with Gasteiger partial charge in [-0.2, -0.15) is 0 Å². The summed E-state index contributed by atoms with van der Waals surface area (Å²) in [6, 6.07) is 7.89. The monoisotopic (exact) mass is 432 g/mol. The largest absolute Gasteiger partial charge is 0.457 e. The van der Waals surface area contributed by atoms with Gasteiger partial charge in [-0.3, -0.25) is 9.59 Å². The number of cyclic esters (lactones) is 1. The molecular formula is C25H24N2O5. The molecule has 4 heterocycles. The van der Waals surface area contributed by atoms with Crippen LogP contribution in [0.4, 0.5) is 0 Å². The van der Waals surface area contributed by atoms with Crippen molar-refractivity contribution in [1.82, 2.24) is 9.55 Å². The fourth-order valence-corrected chi connectivity index (χ4v) is 4.82. The molecule has 32 heavy (non-hydrogen) atoms. The molecule has 0 spiro atoms. The molecule has 7 heteroatoms. The van der Waals surface area contributed by atoms with Crippen LogP contribution < -0.4 is 5.56 Å². The minimum Gasteiger partial charge on any atom is -0.457 e. The molecule has 0 amide bonds. The third-order valence-electron chi connectivity index (χ3n) is 6.67. The smallest absolute Gasteiger partial charge is 0.355 e. The number of ether oxygens (including phenoxy) is 2. The SMILES string of the molecule is CCC(=O)O[C@]1(CC)C(=O)OCc2c1cc1n(c2=O)Cc2c-1nc1ccc(C)cc1c2C. The Bertz CT molecular complexity index is 1390. The lowest BCUT2D eigenvalue weighted by molar-refractivity contribution is -0.189. The van der Waals surface area contributed by atoms with E-state index in [1.807, 2.05) is 26.0 Å². The normalized spacial score (nSPS) is 18.7. The van der Waals surface area contributed by atoms with Crippen LogP contribution in [0, 0.1) is 13.8 Å². The molecule has 0 unspecified atom stereocenters. The van der Waals surface area contributed by atoms with E-state index in [4.69, 9.17) is 14.5 Å². The number of esters is 2. The molecule has 2 aliphatic rings. The van der Waals surface area contributed by atoms with Crippen molar-refractivity contribution >= 4 is 22.8 Å². The van der Waals surface area contributed by atoms with Crippen LogP contribution in [0.5, 0.6) is 0 Å². The van der Waals surface area contributed by atoms with E-state index in [-0.39, 0.29) is 25.0 Å². The zero-order valence-corrected chi connectivity index (χ0v) is 18.6. The van der Waals surface area contributed by atoms with Crippen molar-refractivity contribution in [1.29, 1.82) is 0 Å². The highest BCUT2D eigenvalue weighted by Gasteiger charge is 2.50. The number of nitrogens with zero attached hydrogens (tertiary/aromatic N) is 2. The molecule has 1 atom stereocenters. The summed E-state index contributed by atoms with van der Waals surface area (Å²) < 4.78 is 12.7. The lowest BCUT2D eigenvalue weighted by Gasteiger charge is -2.35. The standard InChI is InChI=1S/C25H24N2O5/c1-5-21(28)32-25(6-2)18-10-20-22-16(11-27(20)23(29)17(18)12-31-24(25)30)14(4)15-9-13(3)7-8-19(15)26-22/h7-10H,5-6,11-12H2,1-4H3/t25-/m0/s1. The molecule has 3 aromatic rings. The lowest BCUT2D eigenvalue weighted by Crippen LogP contribution is -2.47. The van der Waals surface area contributed by atoms with Gasteiger partial charge < -0.3 is 14.0 Å². The van der Waals surface area contributed by atoms with E-state index in [2.05, 4.69) is 6.07 Å². The minimum absolute atomic E-state index is 0.114. The summed E-state index contributed by atoms with van der Waals surface area (Å²) in [5.41, 5.74) is 4.32. The zero-order valence-electron chi connectivity index (χ0n) is 18.6. The maximum absolute atomic E-state index is 13.5. The fourth-order valence-electron chi connectivity index (χ4n) is 4.82. The number of aryl methyl sites for hydroxylation is 2. The molecule has 2 aliphatic heterocycles. The number of rotatable bonds is 3. The molecule has 5 rings (SSSR count). The van der Waals surface area contributed by atoms with Gasteiger partial charge in [-0.1, -0.05) is 25.5 Å². The molecule has 164 valence electrons. The second-order valence-electron chi connectivity index (χ2n) is 8.48. The predicted molar refractivity (Wildman–Crippen MR) is 118 cm³/mol. The third-order valence-corrected chi connectivity index (χ3v) is 6.67. The highest BCUT2D eigenvalue weighted by Crippen LogP contribution is 2.41. The zero-order chi connectivity index (χ0) is 22.8. The number of carbonyl (C=O) groups is 2. The lowest BCUT2D eigenvalue weighted by atomic mass is 9.85. The van der Waals surface area contributed by atoms with Gasteiger partial charge in [0.05, 0.1) is 29.0 Å². The second-order valence-corrected chi connectivity index (χ2v) is 8.48. The fraction of sp³-hybridized carbons (Fsp3) is 0.360. The average Bonchev–Trinajstić information content (AvgIpc) is 3.15. The van der Waals surface area contributed by atoms with Crippen molar-refractivity contribution in [2.24, 2.45) is 0 Å². The van der Waals surface area contributed by atoms with Crippen molar-refractivity contribution in [3.63, 3.8) is 0 Å². The van der Waals surface area contributed by atoms with Crippen LogP contribution in [0.2, 0.25) is 0 Å². The Kier molecular flexibility index (Phi) is 4.48. The number of aromatic nitrogens is 2. The van der Waals surface area contributed by atoms with Gasteiger partial charge in [-0.25, -0.2) is 9.78 Å². The van der Waals surface area contributed by atoms with E-state index in [9.17, 15) is 14.4 Å². The average molecular weight is 432 g/mol. The van der Waals surface area contributed by atoms with Crippen molar-refractivity contribution in [2.75, 3.05) is 0 Å². The van der Waals surface area contributed by atoms with Gasteiger partial charge in [-0.05, 0) is 44.0 Å². The van der Waals surface area contributed by atoms with Crippen LogP contribution in [0.1, 0.15) is 54.5 Å². The van der Waals surface area contributed by atoms with Gasteiger partial charge in [0.2, 0.25) is 5.60 Å². The Hall–Kier alpha value is -3.48. The van der Waals surface area contributed by atoms with E-state index in [1.165, 1.54) is 0 Å². The molecule has 2 aromatic heterocycles. The summed E-state index contributed by atoms with van der Waals surface area (Å²) in [4.78, 5) is 43.4. The summed E-state index contributed by atoms with van der Waals surface area (Å²) in [5.74, 6) is -1.16. The Balaban J connectivity index is 1.79. The van der Waals surface area contributed by atoms with E-state index in [1.54, 1.807) is 24.5 Å². The van der Waals surface area contributed by atoms with Crippen LogP contribution >= 0.6 is 0 Å². The molecule has 0 saturated heterocycles. The molecular weight excluding hydrogens is 408 g/mol. The predicted octanol–water partition coefficient (Wildman–Crippen LogP) is 3.66. The van der Waals surface area contributed by atoms with E-state index in [0.29, 0.717) is 23.4 Å². The number of fused-ring (bicyclic) bond motifs is 5. The highest BCUT2D eigenvalue weighted by molar-refractivity contribution is 5.90. The molecule has 0 bridgehead atoms. The van der Waals surface area contributed by atoms with E-state index in [0.717, 1.165) is 33.3 Å². The first-order chi connectivity index (χ1) is 15.3. The summed E-state index contributed by atoms with van der Waals surface area (Å²) in [7, 11) is 0. The van der Waals surface area contributed by atoms with Crippen molar-refractivity contribution in [3.05, 3.63) is 62.4 Å². The minimum atomic E-state index is -1.62. The first kappa shape index (κ1) is 20.4. The van der Waals surface area contributed by atoms with E-state index >= 15 is 0 Å². The van der Waals surface area contributed by atoms with Gasteiger partial charge in [0, 0.05) is 22.9 Å². The van der Waals surface area contributed by atoms with Crippen molar-refractivity contribution in [2.45, 2.75) is 59.3 Å². The van der Waals surface area contributed by atoms with Crippen molar-refractivity contribution in [3.8, 4) is 11.4 Å². The Morgan fingerprint density at radius 1 is 1.19 bits per heavy atom. The van der Waals surface area contributed by atoms with Gasteiger partial charge in [0.25, 0.3) is 5.56 Å². The number of pyridine rings is 2. The quantitative estimate of drug-likeness (QED) is 0.459. The van der Waals surface area contributed by atoms with Crippen molar-refractivity contribution < 1.29 is 19.1 Å². The van der Waals surface area contributed by atoms with Crippen LogP contribution in [-0.2, 0) is 37.8 Å².